The summed E-state index contributed by atoms with van der Waals surface area (Å²) in [4.78, 5) is 0. The van der Waals surface area contributed by atoms with Gasteiger partial charge in [-0.15, -0.1) is 0 Å². The van der Waals surface area contributed by atoms with Gasteiger partial charge in [0.15, 0.2) is 0 Å². The minimum atomic E-state index is -0.195. The average molecular weight is 322 g/mol. The van der Waals surface area contributed by atoms with E-state index in [-0.39, 0.29) is 11.9 Å². The molecule has 0 aliphatic rings. The molecule has 2 aromatic rings. The fourth-order valence-electron chi connectivity index (χ4n) is 2.32. The molecule has 19 heavy (non-hydrogen) atoms. The molecule has 0 amide bonds. The maximum atomic E-state index is 13.6. The number of halogens is 2. The van der Waals surface area contributed by atoms with Gasteiger partial charge in [-0.05, 0) is 55.8 Å². The number of hydrogen-bond donors (Lipinski definition) is 1. The van der Waals surface area contributed by atoms with Crippen LogP contribution in [-0.2, 0) is 0 Å². The van der Waals surface area contributed by atoms with Crippen LogP contribution in [0.25, 0.3) is 0 Å². The highest BCUT2D eigenvalue weighted by molar-refractivity contribution is 9.10. The van der Waals surface area contributed by atoms with Gasteiger partial charge in [0, 0.05) is 4.47 Å². The molecule has 0 aliphatic carbocycles. The van der Waals surface area contributed by atoms with Gasteiger partial charge in [-0.2, -0.15) is 0 Å². The summed E-state index contributed by atoms with van der Waals surface area (Å²) in [5.74, 6) is -0.195. The number of benzene rings is 2. The fourth-order valence-corrected chi connectivity index (χ4v) is 2.79. The zero-order valence-electron chi connectivity index (χ0n) is 11.3. The highest BCUT2D eigenvalue weighted by Crippen LogP contribution is 2.30. The van der Waals surface area contributed by atoms with Crippen molar-refractivity contribution >= 4 is 15.9 Å². The molecule has 1 atom stereocenters. The van der Waals surface area contributed by atoms with Crippen LogP contribution in [0.15, 0.2) is 40.9 Å². The highest BCUT2D eigenvalue weighted by Gasteiger charge is 2.16. The van der Waals surface area contributed by atoms with Gasteiger partial charge < -0.3 is 5.32 Å². The average Bonchev–Trinajstić information content (AvgIpc) is 2.33. The van der Waals surface area contributed by atoms with Crippen molar-refractivity contribution in [3.63, 3.8) is 0 Å². The van der Waals surface area contributed by atoms with Gasteiger partial charge in [-0.1, -0.05) is 39.7 Å². The molecule has 0 radical (unpaired) electrons. The van der Waals surface area contributed by atoms with E-state index in [1.165, 1.54) is 5.56 Å². The van der Waals surface area contributed by atoms with E-state index in [9.17, 15) is 4.39 Å². The van der Waals surface area contributed by atoms with Crippen LogP contribution in [0.2, 0.25) is 0 Å². The van der Waals surface area contributed by atoms with E-state index in [2.05, 4.69) is 40.3 Å². The first-order valence-electron chi connectivity index (χ1n) is 6.21. The summed E-state index contributed by atoms with van der Waals surface area (Å²) in [6, 6.07) is 11.3. The Labute approximate surface area is 122 Å². The van der Waals surface area contributed by atoms with E-state index in [0.717, 1.165) is 21.2 Å². The molecule has 1 N–H and O–H groups in total. The Morgan fingerprint density at radius 1 is 1.05 bits per heavy atom. The normalized spacial score (nSPS) is 12.5. The van der Waals surface area contributed by atoms with Crippen molar-refractivity contribution in [2.45, 2.75) is 19.9 Å². The number of rotatable bonds is 3. The zero-order chi connectivity index (χ0) is 14.0. The molecule has 0 saturated carbocycles. The standard InChI is InChI=1S/C16H17BrFN/c1-10-4-5-15(17)14(8-10)16(19-3)12-6-11(2)7-13(18)9-12/h4-9,16,19H,1-3H3. The highest BCUT2D eigenvalue weighted by atomic mass is 79.9. The maximum absolute atomic E-state index is 13.6. The molecule has 0 spiro atoms. The summed E-state index contributed by atoms with van der Waals surface area (Å²) in [5.41, 5.74) is 4.17. The lowest BCUT2D eigenvalue weighted by Crippen LogP contribution is -2.18. The maximum Gasteiger partial charge on any atom is 0.123 e. The van der Waals surface area contributed by atoms with Crippen molar-refractivity contribution in [3.8, 4) is 0 Å². The lowest BCUT2D eigenvalue weighted by Gasteiger charge is -2.20. The lowest BCUT2D eigenvalue weighted by atomic mass is 9.96. The molecule has 0 heterocycles. The van der Waals surface area contributed by atoms with Crippen LogP contribution in [0, 0.1) is 19.7 Å². The molecule has 100 valence electrons. The number of aryl methyl sites for hydroxylation is 2. The molecule has 0 fully saturated rings. The van der Waals surface area contributed by atoms with E-state index in [4.69, 9.17) is 0 Å². The van der Waals surface area contributed by atoms with Crippen molar-refractivity contribution < 1.29 is 4.39 Å². The molecule has 0 bridgehead atoms. The van der Waals surface area contributed by atoms with E-state index in [1.54, 1.807) is 12.1 Å². The first-order valence-corrected chi connectivity index (χ1v) is 7.01. The smallest absolute Gasteiger partial charge is 0.123 e. The first-order chi connectivity index (χ1) is 9.01. The predicted octanol–water partition coefficient (Wildman–Crippen LogP) is 4.51. The minimum Gasteiger partial charge on any atom is -0.309 e. The van der Waals surface area contributed by atoms with Crippen molar-refractivity contribution in [2.24, 2.45) is 0 Å². The van der Waals surface area contributed by atoms with Crippen LogP contribution in [0.4, 0.5) is 4.39 Å². The summed E-state index contributed by atoms with van der Waals surface area (Å²) in [6.07, 6.45) is 0. The SMILES string of the molecule is CNC(c1cc(C)cc(F)c1)c1cc(C)ccc1Br. The number of nitrogens with one attached hydrogen (secondary N) is 1. The molecule has 3 heteroatoms. The summed E-state index contributed by atoms with van der Waals surface area (Å²) in [5, 5.41) is 3.26. The summed E-state index contributed by atoms with van der Waals surface area (Å²) >= 11 is 3.57. The topological polar surface area (TPSA) is 12.0 Å². The Bertz CT molecular complexity index is 575. The van der Waals surface area contributed by atoms with Gasteiger partial charge in [0.25, 0.3) is 0 Å². The molecular weight excluding hydrogens is 305 g/mol. The summed E-state index contributed by atoms with van der Waals surface area (Å²) < 4.78 is 14.6. The minimum absolute atomic E-state index is 0.0244. The molecular formula is C16H17BrFN. The van der Waals surface area contributed by atoms with E-state index < -0.39 is 0 Å². The molecule has 0 saturated heterocycles. The Kier molecular flexibility index (Phi) is 4.38. The zero-order valence-corrected chi connectivity index (χ0v) is 12.9. The van der Waals surface area contributed by atoms with Crippen LogP contribution in [0.5, 0.6) is 0 Å². The van der Waals surface area contributed by atoms with Gasteiger partial charge in [0.1, 0.15) is 5.82 Å². The molecule has 0 aromatic heterocycles. The third-order valence-corrected chi connectivity index (χ3v) is 3.87. The van der Waals surface area contributed by atoms with Crippen molar-refractivity contribution in [1.82, 2.24) is 5.32 Å². The predicted molar refractivity (Wildman–Crippen MR) is 80.9 cm³/mol. The van der Waals surface area contributed by atoms with Crippen molar-refractivity contribution in [3.05, 3.63) is 68.9 Å². The molecule has 0 aliphatic heterocycles. The molecule has 2 aromatic carbocycles. The molecule has 2 rings (SSSR count). The van der Waals surface area contributed by atoms with Crippen LogP contribution in [0.1, 0.15) is 28.3 Å². The Morgan fingerprint density at radius 2 is 1.79 bits per heavy atom. The largest absolute Gasteiger partial charge is 0.309 e. The molecule has 1 unspecified atom stereocenters. The van der Waals surface area contributed by atoms with Crippen molar-refractivity contribution in [2.75, 3.05) is 7.05 Å². The quantitative estimate of drug-likeness (QED) is 0.876. The van der Waals surface area contributed by atoms with Gasteiger partial charge in [-0.3, -0.25) is 0 Å². The molecule has 1 nitrogen and oxygen atoms in total. The van der Waals surface area contributed by atoms with Gasteiger partial charge in [0.05, 0.1) is 6.04 Å². The Hall–Kier alpha value is -1.19. The monoisotopic (exact) mass is 321 g/mol. The Balaban J connectivity index is 2.52. The van der Waals surface area contributed by atoms with Gasteiger partial charge in [0.2, 0.25) is 0 Å². The second kappa shape index (κ2) is 5.85. The summed E-state index contributed by atoms with van der Waals surface area (Å²) in [6.45, 7) is 3.96. The third-order valence-electron chi connectivity index (χ3n) is 3.15. The van der Waals surface area contributed by atoms with Crippen LogP contribution in [-0.4, -0.2) is 7.05 Å². The van der Waals surface area contributed by atoms with Gasteiger partial charge >= 0.3 is 0 Å². The van der Waals surface area contributed by atoms with Crippen LogP contribution >= 0.6 is 15.9 Å². The lowest BCUT2D eigenvalue weighted by molar-refractivity contribution is 0.615. The van der Waals surface area contributed by atoms with Crippen molar-refractivity contribution in [1.29, 1.82) is 0 Å². The van der Waals surface area contributed by atoms with Crippen LogP contribution < -0.4 is 5.32 Å². The van der Waals surface area contributed by atoms with E-state index in [1.807, 2.05) is 26.1 Å². The number of hydrogen-bond acceptors (Lipinski definition) is 1. The van der Waals surface area contributed by atoms with Crippen LogP contribution in [0.3, 0.4) is 0 Å². The second-order valence-corrected chi connectivity index (χ2v) is 5.66. The second-order valence-electron chi connectivity index (χ2n) is 4.81. The third kappa shape index (κ3) is 3.23. The van der Waals surface area contributed by atoms with E-state index in [0.29, 0.717) is 0 Å². The Morgan fingerprint density at radius 3 is 2.42 bits per heavy atom. The van der Waals surface area contributed by atoms with Gasteiger partial charge in [-0.25, -0.2) is 4.39 Å². The summed E-state index contributed by atoms with van der Waals surface area (Å²) in [7, 11) is 1.89. The van der Waals surface area contributed by atoms with E-state index >= 15 is 0 Å². The first kappa shape index (κ1) is 14.2. The fraction of sp³-hybridized carbons (Fsp3) is 0.250.